The van der Waals surface area contributed by atoms with Crippen molar-refractivity contribution in [2.24, 2.45) is 0 Å². The zero-order chi connectivity index (χ0) is 15.7. The molecule has 0 unspecified atom stereocenters. The second kappa shape index (κ2) is 5.67. The highest BCUT2D eigenvalue weighted by molar-refractivity contribution is 5.45. The molecule has 0 aromatic carbocycles. The fourth-order valence-electron chi connectivity index (χ4n) is 2.48. The zero-order valence-electron chi connectivity index (χ0n) is 12.0. The third kappa shape index (κ3) is 3.55. The molecule has 0 atom stereocenters. The number of nitrogens with zero attached hydrogens (tertiary/aromatic N) is 3. The van der Waals surface area contributed by atoms with Gasteiger partial charge in [-0.1, -0.05) is 12.8 Å². The lowest BCUT2D eigenvalue weighted by atomic mass is 9.99. The molecule has 1 heterocycles. The largest absolute Gasteiger partial charge is 0.433 e. The number of anilines is 2. The number of aliphatic hydroxyl groups is 1. The fraction of sp³-hybridized carbons (Fsp3) is 0.692. The van der Waals surface area contributed by atoms with Gasteiger partial charge in [0.25, 0.3) is 0 Å². The van der Waals surface area contributed by atoms with Crippen LogP contribution in [0.15, 0.2) is 6.07 Å². The lowest BCUT2D eigenvalue weighted by Gasteiger charge is -2.28. The van der Waals surface area contributed by atoms with Gasteiger partial charge in [0.05, 0.1) is 12.1 Å². The van der Waals surface area contributed by atoms with E-state index in [2.05, 4.69) is 15.3 Å². The molecule has 5 nitrogen and oxygen atoms in total. The van der Waals surface area contributed by atoms with Gasteiger partial charge in [0.2, 0.25) is 5.95 Å². The van der Waals surface area contributed by atoms with E-state index in [4.69, 9.17) is 0 Å². The summed E-state index contributed by atoms with van der Waals surface area (Å²) in [5.41, 5.74) is -1.61. The molecule has 1 aromatic rings. The molecule has 0 radical (unpaired) electrons. The Bertz CT molecular complexity index is 499. The van der Waals surface area contributed by atoms with Crippen LogP contribution in [0.3, 0.4) is 0 Å². The Morgan fingerprint density at radius 2 is 1.90 bits per heavy atom. The molecule has 0 amide bonds. The van der Waals surface area contributed by atoms with Gasteiger partial charge < -0.3 is 15.3 Å². The molecule has 1 aliphatic rings. The third-order valence-electron chi connectivity index (χ3n) is 3.70. The van der Waals surface area contributed by atoms with Gasteiger partial charge in [-0.05, 0) is 12.8 Å². The molecular formula is C13H19F3N4O. The maximum absolute atomic E-state index is 12.9. The van der Waals surface area contributed by atoms with Crippen LogP contribution in [0.4, 0.5) is 24.9 Å². The van der Waals surface area contributed by atoms with Gasteiger partial charge in [-0.3, -0.25) is 0 Å². The zero-order valence-corrected chi connectivity index (χ0v) is 12.0. The van der Waals surface area contributed by atoms with E-state index in [0.717, 1.165) is 18.9 Å². The molecule has 2 N–H and O–H groups in total. The molecule has 2 rings (SSSR count). The molecular weight excluding hydrogens is 285 g/mol. The monoisotopic (exact) mass is 304 g/mol. The Hall–Kier alpha value is -1.57. The molecule has 1 fully saturated rings. The van der Waals surface area contributed by atoms with Gasteiger partial charge in [-0.2, -0.15) is 18.2 Å². The lowest BCUT2D eigenvalue weighted by molar-refractivity contribution is -0.141. The predicted octanol–water partition coefficient (Wildman–Crippen LogP) is 2.28. The summed E-state index contributed by atoms with van der Waals surface area (Å²) in [6.45, 7) is -0.149. The normalized spacial score (nSPS) is 17.8. The van der Waals surface area contributed by atoms with E-state index in [1.807, 2.05) is 0 Å². The second-order valence-electron chi connectivity index (χ2n) is 5.60. The summed E-state index contributed by atoms with van der Waals surface area (Å²) >= 11 is 0. The fourth-order valence-corrected chi connectivity index (χ4v) is 2.48. The minimum Gasteiger partial charge on any atom is -0.394 e. The van der Waals surface area contributed by atoms with Gasteiger partial charge in [0.15, 0.2) is 5.69 Å². The molecule has 1 aliphatic carbocycles. The number of hydrogen-bond donors (Lipinski definition) is 2. The van der Waals surface area contributed by atoms with Crippen LogP contribution in [0.1, 0.15) is 31.4 Å². The van der Waals surface area contributed by atoms with Crippen molar-refractivity contribution in [3.8, 4) is 0 Å². The average molecular weight is 304 g/mol. The van der Waals surface area contributed by atoms with Crippen LogP contribution in [-0.4, -0.2) is 41.3 Å². The predicted molar refractivity (Wildman–Crippen MR) is 73.3 cm³/mol. The van der Waals surface area contributed by atoms with Crippen LogP contribution in [0.2, 0.25) is 0 Å². The van der Waals surface area contributed by atoms with Crippen molar-refractivity contribution in [1.82, 2.24) is 9.97 Å². The number of alkyl halides is 3. The van der Waals surface area contributed by atoms with Crippen molar-refractivity contribution in [3.05, 3.63) is 11.8 Å². The lowest BCUT2D eigenvalue weighted by Crippen LogP contribution is -2.40. The first-order valence-corrected chi connectivity index (χ1v) is 6.78. The summed E-state index contributed by atoms with van der Waals surface area (Å²) in [7, 11) is 3.23. The molecule has 0 aliphatic heterocycles. The highest BCUT2D eigenvalue weighted by Gasteiger charge is 2.37. The van der Waals surface area contributed by atoms with Crippen molar-refractivity contribution in [1.29, 1.82) is 0 Å². The Balaban J connectivity index is 2.36. The molecule has 8 heteroatoms. The summed E-state index contributed by atoms with van der Waals surface area (Å²) in [6.07, 6.45) is -1.30. The Morgan fingerprint density at radius 1 is 1.29 bits per heavy atom. The summed E-state index contributed by atoms with van der Waals surface area (Å²) in [4.78, 5) is 9.14. The highest BCUT2D eigenvalue weighted by atomic mass is 19.4. The molecule has 1 aromatic heterocycles. The average Bonchev–Trinajstić information content (AvgIpc) is 2.86. The van der Waals surface area contributed by atoms with Crippen LogP contribution in [0, 0.1) is 0 Å². The molecule has 0 spiro atoms. The quantitative estimate of drug-likeness (QED) is 0.893. The van der Waals surface area contributed by atoms with E-state index >= 15 is 0 Å². The highest BCUT2D eigenvalue weighted by Crippen LogP contribution is 2.34. The number of aliphatic hydroxyl groups excluding tert-OH is 1. The van der Waals surface area contributed by atoms with Gasteiger partial charge in [-0.15, -0.1) is 0 Å². The standard InChI is InChI=1S/C13H19F3N4O/c1-20(2)10-7-9(13(14,15)16)17-11(18-10)19-12(8-21)5-3-4-6-12/h7,21H,3-6,8H2,1-2H3,(H,17,18,19). The van der Waals surface area contributed by atoms with Crippen LogP contribution >= 0.6 is 0 Å². The van der Waals surface area contributed by atoms with Crippen LogP contribution in [0.25, 0.3) is 0 Å². The maximum Gasteiger partial charge on any atom is 0.433 e. The minimum absolute atomic E-state index is 0.0931. The Kier molecular flexibility index (Phi) is 4.27. The van der Waals surface area contributed by atoms with Gasteiger partial charge in [0.1, 0.15) is 5.82 Å². The van der Waals surface area contributed by atoms with Gasteiger partial charge in [-0.25, -0.2) is 4.98 Å². The second-order valence-corrected chi connectivity index (χ2v) is 5.60. The van der Waals surface area contributed by atoms with E-state index in [9.17, 15) is 18.3 Å². The van der Waals surface area contributed by atoms with Crippen LogP contribution in [0.5, 0.6) is 0 Å². The van der Waals surface area contributed by atoms with E-state index in [1.54, 1.807) is 14.1 Å². The van der Waals surface area contributed by atoms with Crippen LogP contribution < -0.4 is 10.2 Å². The van der Waals surface area contributed by atoms with Crippen molar-refractivity contribution >= 4 is 11.8 Å². The third-order valence-corrected chi connectivity index (χ3v) is 3.70. The van der Waals surface area contributed by atoms with E-state index in [-0.39, 0.29) is 18.4 Å². The van der Waals surface area contributed by atoms with Crippen molar-refractivity contribution in [2.45, 2.75) is 37.4 Å². The summed E-state index contributed by atoms with van der Waals surface area (Å²) in [5, 5.41) is 12.4. The van der Waals surface area contributed by atoms with Gasteiger partial charge in [0, 0.05) is 20.2 Å². The number of halogens is 3. The molecule has 118 valence electrons. The molecule has 0 saturated heterocycles. The molecule has 1 saturated carbocycles. The van der Waals surface area contributed by atoms with Gasteiger partial charge >= 0.3 is 6.18 Å². The molecule has 0 bridgehead atoms. The van der Waals surface area contributed by atoms with E-state index in [0.29, 0.717) is 12.8 Å². The van der Waals surface area contributed by atoms with Crippen molar-refractivity contribution < 1.29 is 18.3 Å². The minimum atomic E-state index is -4.54. The number of hydrogen-bond acceptors (Lipinski definition) is 5. The number of aromatic nitrogens is 2. The first-order chi connectivity index (χ1) is 9.76. The summed E-state index contributed by atoms with van der Waals surface area (Å²) < 4.78 is 38.7. The first-order valence-electron chi connectivity index (χ1n) is 6.78. The van der Waals surface area contributed by atoms with Crippen LogP contribution in [-0.2, 0) is 6.18 Å². The molecule has 21 heavy (non-hydrogen) atoms. The topological polar surface area (TPSA) is 61.3 Å². The first kappa shape index (κ1) is 15.8. The van der Waals surface area contributed by atoms with Crippen molar-refractivity contribution in [3.63, 3.8) is 0 Å². The SMILES string of the molecule is CN(C)c1cc(C(F)(F)F)nc(NC2(CO)CCCC2)n1. The Labute approximate surface area is 121 Å². The summed E-state index contributed by atoms with van der Waals surface area (Å²) in [6, 6.07) is 0.908. The number of nitrogens with one attached hydrogen (secondary N) is 1. The van der Waals surface area contributed by atoms with Crippen molar-refractivity contribution in [2.75, 3.05) is 30.9 Å². The van der Waals surface area contributed by atoms with E-state index < -0.39 is 17.4 Å². The smallest absolute Gasteiger partial charge is 0.394 e. The van der Waals surface area contributed by atoms with E-state index in [1.165, 1.54) is 4.90 Å². The summed E-state index contributed by atoms with van der Waals surface area (Å²) in [5.74, 6) is 0.0791. The maximum atomic E-state index is 12.9. The Morgan fingerprint density at radius 3 is 2.38 bits per heavy atom. The number of rotatable bonds is 4.